The Morgan fingerprint density at radius 3 is 2.80 bits per heavy atom. The molecule has 0 aliphatic carbocycles. The van der Waals surface area contributed by atoms with Gasteiger partial charge in [0.2, 0.25) is 5.95 Å². The Labute approximate surface area is 210 Å². The number of aromatic nitrogens is 2. The second-order valence-electron chi connectivity index (χ2n) is 8.80. The lowest BCUT2D eigenvalue weighted by atomic mass is 9.84. The fourth-order valence-corrected chi connectivity index (χ4v) is 4.53. The first-order chi connectivity index (χ1) is 16.8. The third-order valence-corrected chi connectivity index (χ3v) is 6.27. The summed E-state index contributed by atoms with van der Waals surface area (Å²) in [7, 11) is 4.64. The zero-order valence-electron chi connectivity index (χ0n) is 19.9. The number of carbonyl (C=O) groups is 1. The van der Waals surface area contributed by atoms with Crippen LogP contribution in [0.15, 0.2) is 36.5 Å². The molecule has 1 N–H and O–H groups in total. The highest BCUT2D eigenvalue weighted by Gasteiger charge is 2.37. The highest BCUT2D eigenvalue weighted by Crippen LogP contribution is 2.44. The van der Waals surface area contributed by atoms with Crippen molar-refractivity contribution >= 4 is 42.5 Å². The number of methoxy groups -OCH3 is 2. The average molecular weight is 489 g/mol. The van der Waals surface area contributed by atoms with Crippen LogP contribution in [-0.4, -0.2) is 44.3 Å². The van der Waals surface area contributed by atoms with Crippen LogP contribution in [0.2, 0.25) is 5.02 Å². The van der Waals surface area contributed by atoms with E-state index in [0.717, 1.165) is 28.6 Å². The maximum atomic E-state index is 11.1. The molecular weight excluding hydrogens is 465 g/mol. The van der Waals surface area contributed by atoms with Crippen LogP contribution in [-0.2, 0) is 21.6 Å². The molecule has 0 saturated carbocycles. The summed E-state index contributed by atoms with van der Waals surface area (Å²) in [6, 6.07) is 11.4. The number of nitrogens with one attached hydrogen (secondary N) is 1. The number of nitriles is 1. The minimum Gasteiger partial charge on any atom is -0.495 e. The van der Waals surface area contributed by atoms with Crippen LogP contribution < -0.4 is 14.9 Å². The first-order valence-corrected chi connectivity index (χ1v) is 11.3. The van der Waals surface area contributed by atoms with Crippen molar-refractivity contribution in [1.29, 1.82) is 5.26 Å². The molecule has 0 unspecified atom stereocenters. The zero-order chi connectivity index (χ0) is 25.2. The summed E-state index contributed by atoms with van der Waals surface area (Å²) in [5.41, 5.74) is 4.83. The molecule has 2 aromatic carbocycles. The number of halogens is 1. The van der Waals surface area contributed by atoms with Crippen molar-refractivity contribution < 1.29 is 14.3 Å². The lowest BCUT2D eigenvalue weighted by molar-refractivity contribution is 0.184. The number of nitrogens with zero attached hydrogens (tertiary/aromatic N) is 4. The SMILES string of the molecule is COCc1cc(OC)c(Nc2nccc(-c3cc(C#N)c4c(c3)C(C)(C)CN4[B]C=O)n2)cc1Cl. The van der Waals surface area contributed by atoms with Gasteiger partial charge >= 0.3 is 7.41 Å². The molecule has 35 heavy (non-hydrogen) atoms. The Bertz CT molecular complexity index is 1330. The van der Waals surface area contributed by atoms with Crippen molar-refractivity contribution in [1.82, 2.24) is 9.97 Å². The summed E-state index contributed by atoms with van der Waals surface area (Å²) < 4.78 is 10.7. The van der Waals surface area contributed by atoms with Gasteiger partial charge in [0.25, 0.3) is 0 Å². The van der Waals surface area contributed by atoms with E-state index in [2.05, 4.69) is 35.2 Å². The molecule has 1 aliphatic rings. The number of rotatable bonds is 8. The molecule has 8 nitrogen and oxygen atoms in total. The predicted molar refractivity (Wildman–Crippen MR) is 137 cm³/mol. The number of fused-ring (bicyclic) bond motifs is 1. The van der Waals surface area contributed by atoms with Gasteiger partial charge in [-0.1, -0.05) is 25.4 Å². The first kappa shape index (κ1) is 24.5. The fourth-order valence-electron chi connectivity index (χ4n) is 4.31. The van der Waals surface area contributed by atoms with E-state index in [9.17, 15) is 10.1 Å². The van der Waals surface area contributed by atoms with Crippen LogP contribution >= 0.6 is 11.6 Å². The Hall–Kier alpha value is -3.61. The lowest BCUT2D eigenvalue weighted by Gasteiger charge is -2.20. The molecular formula is C25H24BClN5O3. The molecule has 0 atom stereocenters. The van der Waals surface area contributed by atoms with Crippen molar-refractivity contribution in [2.75, 3.05) is 30.9 Å². The number of anilines is 3. The molecule has 1 aromatic heterocycles. The van der Waals surface area contributed by atoms with Gasteiger partial charge in [0, 0.05) is 47.1 Å². The Kier molecular flexibility index (Phi) is 6.96. The van der Waals surface area contributed by atoms with E-state index in [0.29, 0.717) is 46.8 Å². The monoisotopic (exact) mass is 488 g/mol. The van der Waals surface area contributed by atoms with Crippen LogP contribution in [0.5, 0.6) is 5.75 Å². The number of benzene rings is 2. The average Bonchev–Trinajstić information content (AvgIpc) is 3.10. The van der Waals surface area contributed by atoms with Gasteiger partial charge < -0.3 is 24.4 Å². The van der Waals surface area contributed by atoms with Crippen molar-refractivity contribution in [3.63, 3.8) is 0 Å². The van der Waals surface area contributed by atoms with Crippen molar-refractivity contribution in [2.45, 2.75) is 25.9 Å². The Morgan fingerprint density at radius 1 is 1.31 bits per heavy atom. The fraction of sp³-hybridized carbons (Fsp3) is 0.280. The maximum absolute atomic E-state index is 11.1. The van der Waals surface area contributed by atoms with Gasteiger partial charge in [-0.2, -0.15) is 5.26 Å². The van der Waals surface area contributed by atoms with Crippen LogP contribution in [0, 0.1) is 11.3 Å². The number of carbonyl (C=O) groups excluding carboxylic acids is 1. The molecule has 0 saturated heterocycles. The smallest absolute Gasteiger partial charge is 0.329 e. The van der Waals surface area contributed by atoms with Crippen LogP contribution in [0.3, 0.4) is 0 Å². The van der Waals surface area contributed by atoms with Crippen LogP contribution in [0.25, 0.3) is 11.3 Å². The topological polar surface area (TPSA) is 100 Å². The molecule has 0 fully saturated rings. The van der Waals surface area contributed by atoms with Gasteiger partial charge in [-0.3, -0.25) is 0 Å². The highest BCUT2D eigenvalue weighted by molar-refractivity contribution is 6.70. The van der Waals surface area contributed by atoms with E-state index in [4.69, 9.17) is 21.1 Å². The van der Waals surface area contributed by atoms with Gasteiger partial charge in [-0.05, 0) is 35.9 Å². The third-order valence-electron chi connectivity index (χ3n) is 5.92. The zero-order valence-corrected chi connectivity index (χ0v) is 20.7. The standard InChI is InChI=1S/C25H24BClN5O3/c1-25(2)13-32(26-14-33)23-16(11-28)7-15(8-18(23)25)20-5-6-29-24(30-20)31-21-10-19(27)17(12-34-3)9-22(21)35-4/h5-10,14H,12-13H2,1-4H3,(H,29,30,31). The Morgan fingerprint density at radius 2 is 2.11 bits per heavy atom. The van der Waals surface area contributed by atoms with Crippen molar-refractivity contribution in [2.24, 2.45) is 0 Å². The van der Waals surface area contributed by atoms with E-state index in [-0.39, 0.29) is 5.41 Å². The minimum atomic E-state index is -0.251. The molecule has 4 rings (SSSR count). The van der Waals surface area contributed by atoms with Gasteiger partial charge in [0.1, 0.15) is 18.0 Å². The van der Waals surface area contributed by atoms with E-state index < -0.39 is 0 Å². The molecule has 0 amide bonds. The molecule has 10 heteroatoms. The van der Waals surface area contributed by atoms with Gasteiger partial charge in [0.15, 0.2) is 0 Å². The van der Waals surface area contributed by atoms with Gasteiger partial charge in [0.05, 0.1) is 30.7 Å². The second-order valence-corrected chi connectivity index (χ2v) is 9.20. The van der Waals surface area contributed by atoms with E-state index in [1.54, 1.807) is 38.6 Å². The van der Waals surface area contributed by atoms with E-state index >= 15 is 0 Å². The quantitative estimate of drug-likeness (QED) is 0.366. The van der Waals surface area contributed by atoms with E-state index in [1.165, 1.54) is 7.41 Å². The largest absolute Gasteiger partial charge is 0.495 e. The van der Waals surface area contributed by atoms with Gasteiger partial charge in [-0.25, -0.2) is 9.97 Å². The summed E-state index contributed by atoms with van der Waals surface area (Å²) >= 11 is 6.40. The predicted octanol–water partition coefficient (Wildman–Crippen LogP) is 4.47. The summed E-state index contributed by atoms with van der Waals surface area (Å²) in [6.45, 7) is 5.14. The number of hydrogen-bond acceptors (Lipinski definition) is 8. The highest BCUT2D eigenvalue weighted by atomic mass is 35.5. The maximum Gasteiger partial charge on any atom is 0.329 e. The number of hydrogen-bond donors (Lipinski definition) is 1. The molecule has 1 radical (unpaired) electrons. The molecule has 3 aromatic rings. The van der Waals surface area contributed by atoms with Gasteiger partial charge in [-0.15, -0.1) is 0 Å². The summed E-state index contributed by atoms with van der Waals surface area (Å²) in [4.78, 5) is 22.0. The molecule has 2 heterocycles. The van der Waals surface area contributed by atoms with Crippen LogP contribution in [0.1, 0.15) is 30.5 Å². The molecule has 0 spiro atoms. The second kappa shape index (κ2) is 9.94. The molecule has 1 aliphatic heterocycles. The normalized spacial score (nSPS) is 13.7. The summed E-state index contributed by atoms with van der Waals surface area (Å²) in [5.74, 6) is 0.929. The minimum absolute atomic E-state index is 0.251. The van der Waals surface area contributed by atoms with E-state index in [1.807, 2.05) is 16.9 Å². The lowest BCUT2D eigenvalue weighted by Crippen LogP contribution is -2.32. The summed E-state index contributed by atoms with van der Waals surface area (Å²) in [5, 5.41) is 13.6. The Balaban J connectivity index is 1.72. The molecule has 177 valence electrons. The van der Waals surface area contributed by atoms with Crippen molar-refractivity contribution in [3.05, 3.63) is 58.2 Å². The first-order valence-electron chi connectivity index (χ1n) is 10.9. The van der Waals surface area contributed by atoms with Crippen LogP contribution in [0.4, 0.5) is 17.3 Å². The third kappa shape index (κ3) is 4.81. The van der Waals surface area contributed by atoms with Crippen molar-refractivity contribution in [3.8, 4) is 23.1 Å². The summed E-state index contributed by atoms with van der Waals surface area (Å²) in [6.07, 6.45) is 2.39. The number of ether oxygens (including phenoxy) is 2. The molecule has 0 bridgehead atoms.